The third kappa shape index (κ3) is 2.58. The van der Waals surface area contributed by atoms with Crippen LogP contribution in [0.3, 0.4) is 0 Å². The van der Waals surface area contributed by atoms with Crippen LogP contribution in [-0.4, -0.2) is 57.3 Å². The van der Waals surface area contributed by atoms with Gasteiger partial charge in [0.25, 0.3) is 0 Å². The largest absolute Gasteiger partial charge is 0.480 e. The Morgan fingerprint density at radius 3 is 2.95 bits per heavy atom. The average molecular weight is 294 g/mol. The van der Waals surface area contributed by atoms with Crippen LogP contribution in [0.15, 0.2) is 6.33 Å². The zero-order valence-electron chi connectivity index (χ0n) is 11.7. The molecule has 1 aromatic heterocycles. The molecular formula is C13H18N4O4. The number of carbonyl (C=O) groups excluding carboxylic acids is 1. The zero-order chi connectivity index (χ0) is 15.0. The molecule has 1 fully saturated rings. The highest BCUT2D eigenvalue weighted by Crippen LogP contribution is 2.25. The number of rotatable bonds is 3. The zero-order valence-corrected chi connectivity index (χ0v) is 11.7. The molecule has 1 aliphatic carbocycles. The van der Waals surface area contributed by atoms with Crippen LogP contribution >= 0.6 is 0 Å². The third-order valence-electron chi connectivity index (χ3n) is 4.20. The Morgan fingerprint density at radius 2 is 2.29 bits per heavy atom. The fraction of sp³-hybridized carbons (Fsp3) is 0.615. The Morgan fingerprint density at radius 1 is 1.52 bits per heavy atom. The van der Waals surface area contributed by atoms with E-state index in [4.69, 9.17) is 4.74 Å². The van der Waals surface area contributed by atoms with Gasteiger partial charge in [-0.1, -0.05) is 0 Å². The van der Waals surface area contributed by atoms with E-state index in [9.17, 15) is 14.7 Å². The first kappa shape index (κ1) is 13.9. The lowest BCUT2D eigenvalue weighted by molar-refractivity contribution is -0.142. The molecule has 0 bridgehead atoms. The predicted octanol–water partition coefficient (Wildman–Crippen LogP) is 0.108. The van der Waals surface area contributed by atoms with Crippen LogP contribution in [0.1, 0.15) is 24.2 Å². The molecule has 114 valence electrons. The maximum atomic E-state index is 12.3. The second kappa shape index (κ2) is 5.36. The summed E-state index contributed by atoms with van der Waals surface area (Å²) in [6, 6.07) is -1.17. The number of carboxylic acids is 1. The van der Waals surface area contributed by atoms with E-state index in [1.54, 1.807) is 7.11 Å². The molecule has 21 heavy (non-hydrogen) atoms. The van der Waals surface area contributed by atoms with Crippen molar-refractivity contribution in [1.82, 2.24) is 20.2 Å². The van der Waals surface area contributed by atoms with Gasteiger partial charge in [0.05, 0.1) is 30.4 Å². The Bertz CT molecular complexity index is 552. The lowest BCUT2D eigenvalue weighted by Gasteiger charge is -2.38. The van der Waals surface area contributed by atoms with Crippen LogP contribution in [0.4, 0.5) is 4.79 Å². The van der Waals surface area contributed by atoms with Crippen molar-refractivity contribution in [3.63, 3.8) is 0 Å². The second-order valence-corrected chi connectivity index (χ2v) is 5.49. The summed E-state index contributed by atoms with van der Waals surface area (Å²) in [5, 5.41) is 12.2. The molecule has 1 aromatic rings. The van der Waals surface area contributed by atoms with E-state index < -0.39 is 12.0 Å². The van der Waals surface area contributed by atoms with Crippen molar-refractivity contribution in [2.24, 2.45) is 0 Å². The van der Waals surface area contributed by atoms with E-state index >= 15 is 0 Å². The SMILES string of the molecule is COC1CC(NC(=O)N2Cc3[nH]cnc3CC2C(=O)O)C1. The van der Waals surface area contributed by atoms with Gasteiger partial charge in [0.2, 0.25) is 0 Å². The number of imidazole rings is 1. The van der Waals surface area contributed by atoms with Gasteiger partial charge in [0.15, 0.2) is 0 Å². The summed E-state index contributed by atoms with van der Waals surface area (Å²) in [5.41, 5.74) is 1.51. The van der Waals surface area contributed by atoms with Gasteiger partial charge in [-0.25, -0.2) is 14.6 Å². The van der Waals surface area contributed by atoms with Crippen molar-refractivity contribution in [2.45, 2.75) is 44.0 Å². The number of aliphatic carboxylic acids is 1. The molecule has 1 saturated carbocycles. The first-order chi connectivity index (χ1) is 10.1. The number of hydrogen-bond donors (Lipinski definition) is 3. The first-order valence-corrected chi connectivity index (χ1v) is 6.92. The number of fused-ring (bicyclic) bond motifs is 1. The number of ether oxygens (including phenoxy) is 1. The second-order valence-electron chi connectivity index (χ2n) is 5.49. The number of hydrogen-bond acceptors (Lipinski definition) is 4. The molecule has 0 spiro atoms. The number of H-pyrrole nitrogens is 1. The molecule has 0 aromatic carbocycles. The number of carboxylic acid groups (broad SMARTS) is 1. The average Bonchev–Trinajstić information content (AvgIpc) is 2.87. The van der Waals surface area contributed by atoms with Gasteiger partial charge in [0.1, 0.15) is 6.04 Å². The van der Waals surface area contributed by atoms with Gasteiger partial charge in [-0.3, -0.25) is 0 Å². The maximum absolute atomic E-state index is 12.3. The van der Waals surface area contributed by atoms with Crippen LogP contribution in [-0.2, 0) is 22.5 Å². The number of carbonyl (C=O) groups is 2. The standard InChI is InChI=1S/C13H18N4O4/c1-21-8-2-7(3-8)16-13(20)17-5-10-9(14-6-15-10)4-11(17)12(18)19/h6-8,11H,2-5H2,1H3,(H,14,15)(H,16,20)(H,18,19). The summed E-state index contributed by atoms with van der Waals surface area (Å²) >= 11 is 0. The van der Waals surface area contributed by atoms with Gasteiger partial charge in [0, 0.05) is 19.6 Å². The highest BCUT2D eigenvalue weighted by Gasteiger charge is 2.38. The first-order valence-electron chi connectivity index (χ1n) is 6.92. The highest BCUT2D eigenvalue weighted by atomic mass is 16.5. The molecule has 1 atom stereocenters. The molecule has 2 heterocycles. The number of nitrogens with zero attached hydrogens (tertiary/aromatic N) is 2. The van der Waals surface area contributed by atoms with Gasteiger partial charge < -0.3 is 25.0 Å². The molecule has 8 nitrogen and oxygen atoms in total. The molecule has 0 radical (unpaired) electrons. The monoisotopic (exact) mass is 294 g/mol. The van der Waals surface area contributed by atoms with Crippen molar-refractivity contribution in [2.75, 3.05) is 7.11 Å². The normalized spacial score (nSPS) is 27.7. The molecule has 0 saturated heterocycles. The number of amides is 2. The summed E-state index contributed by atoms with van der Waals surface area (Å²) in [7, 11) is 1.65. The number of aromatic amines is 1. The van der Waals surface area contributed by atoms with Crippen LogP contribution in [0.2, 0.25) is 0 Å². The molecule has 1 aliphatic heterocycles. The smallest absolute Gasteiger partial charge is 0.326 e. The highest BCUT2D eigenvalue weighted by molar-refractivity contribution is 5.83. The topological polar surface area (TPSA) is 108 Å². The summed E-state index contributed by atoms with van der Waals surface area (Å²) < 4.78 is 5.17. The van der Waals surface area contributed by atoms with Crippen LogP contribution in [0.25, 0.3) is 0 Å². The van der Waals surface area contributed by atoms with E-state index in [1.807, 2.05) is 0 Å². The number of methoxy groups -OCH3 is 1. The van der Waals surface area contributed by atoms with Crippen molar-refractivity contribution in [1.29, 1.82) is 0 Å². The summed E-state index contributed by atoms with van der Waals surface area (Å²) in [4.78, 5) is 32.1. The number of aromatic nitrogens is 2. The van der Waals surface area contributed by atoms with E-state index in [1.165, 1.54) is 11.2 Å². The third-order valence-corrected chi connectivity index (χ3v) is 4.20. The Hall–Kier alpha value is -2.09. The Balaban J connectivity index is 1.67. The van der Waals surface area contributed by atoms with Crippen molar-refractivity contribution >= 4 is 12.0 Å². The van der Waals surface area contributed by atoms with Crippen molar-refractivity contribution in [3.8, 4) is 0 Å². The van der Waals surface area contributed by atoms with E-state index in [0.29, 0.717) is 0 Å². The fourth-order valence-electron chi connectivity index (χ4n) is 2.80. The minimum absolute atomic E-state index is 0.0556. The van der Waals surface area contributed by atoms with Crippen LogP contribution in [0, 0.1) is 0 Å². The van der Waals surface area contributed by atoms with E-state index in [2.05, 4.69) is 15.3 Å². The lowest BCUT2D eigenvalue weighted by atomic mass is 9.89. The Labute approximate surface area is 121 Å². The molecule has 3 rings (SSSR count). The van der Waals surface area contributed by atoms with E-state index in [-0.39, 0.29) is 31.1 Å². The molecular weight excluding hydrogens is 276 g/mol. The minimum atomic E-state index is -1.01. The minimum Gasteiger partial charge on any atom is -0.480 e. The van der Waals surface area contributed by atoms with Crippen LogP contribution < -0.4 is 5.32 Å². The van der Waals surface area contributed by atoms with Crippen molar-refractivity contribution in [3.05, 3.63) is 17.7 Å². The number of urea groups is 1. The lowest BCUT2D eigenvalue weighted by Crippen LogP contribution is -2.57. The van der Waals surface area contributed by atoms with Crippen molar-refractivity contribution < 1.29 is 19.4 Å². The Kier molecular flexibility index (Phi) is 3.54. The van der Waals surface area contributed by atoms with E-state index in [0.717, 1.165) is 24.2 Å². The molecule has 3 N–H and O–H groups in total. The summed E-state index contributed by atoms with van der Waals surface area (Å²) in [6.45, 7) is 0.235. The quantitative estimate of drug-likeness (QED) is 0.733. The van der Waals surface area contributed by atoms with Gasteiger partial charge in [-0.2, -0.15) is 0 Å². The molecule has 8 heteroatoms. The number of nitrogens with one attached hydrogen (secondary N) is 2. The maximum Gasteiger partial charge on any atom is 0.326 e. The molecule has 2 amide bonds. The summed E-state index contributed by atoms with van der Waals surface area (Å²) in [5.74, 6) is -1.01. The fourth-order valence-corrected chi connectivity index (χ4v) is 2.80. The van der Waals surface area contributed by atoms with Gasteiger partial charge in [-0.05, 0) is 12.8 Å². The predicted molar refractivity (Wildman–Crippen MR) is 71.6 cm³/mol. The molecule has 2 aliphatic rings. The van der Waals surface area contributed by atoms with Crippen LogP contribution in [0.5, 0.6) is 0 Å². The van der Waals surface area contributed by atoms with Gasteiger partial charge in [-0.15, -0.1) is 0 Å². The molecule has 1 unspecified atom stereocenters. The summed E-state index contributed by atoms with van der Waals surface area (Å²) in [6.07, 6.45) is 3.48. The van der Waals surface area contributed by atoms with Gasteiger partial charge >= 0.3 is 12.0 Å².